The average molecular weight is 328 g/mol. The first-order valence-corrected chi connectivity index (χ1v) is 7.17. The van der Waals surface area contributed by atoms with Crippen LogP contribution in [0, 0.1) is 5.92 Å². The first kappa shape index (κ1) is 15.8. The molecule has 4 nitrogen and oxygen atoms in total. The Labute approximate surface area is 123 Å². The van der Waals surface area contributed by atoms with Crippen LogP contribution in [0.5, 0.6) is 0 Å². The summed E-state index contributed by atoms with van der Waals surface area (Å²) in [5.41, 5.74) is 7.49. The number of likely N-dealkylation sites (N-methyl/N-ethyl adjacent to an activating group) is 1. The van der Waals surface area contributed by atoms with Crippen LogP contribution in [-0.4, -0.2) is 25.5 Å². The zero-order chi connectivity index (χ0) is 14.6. The third kappa shape index (κ3) is 4.42. The van der Waals surface area contributed by atoms with E-state index in [-0.39, 0.29) is 11.9 Å². The number of carbonyl (C=O) groups is 1. The Morgan fingerprint density at radius 3 is 2.58 bits per heavy atom. The molecule has 1 aromatic carbocycles. The number of halogens is 1. The summed E-state index contributed by atoms with van der Waals surface area (Å²) < 4.78 is 0.930. The van der Waals surface area contributed by atoms with Crippen molar-refractivity contribution in [2.45, 2.75) is 26.8 Å². The van der Waals surface area contributed by atoms with Crippen LogP contribution >= 0.6 is 15.9 Å². The third-order valence-corrected chi connectivity index (χ3v) is 3.51. The fourth-order valence-electron chi connectivity index (χ4n) is 1.68. The van der Waals surface area contributed by atoms with Crippen LogP contribution in [0.2, 0.25) is 0 Å². The molecule has 0 heterocycles. The number of nitrogens with zero attached hydrogens (tertiary/aromatic N) is 1. The summed E-state index contributed by atoms with van der Waals surface area (Å²) in [5, 5.41) is 2.93. The van der Waals surface area contributed by atoms with Gasteiger partial charge < -0.3 is 16.0 Å². The molecule has 19 heavy (non-hydrogen) atoms. The Morgan fingerprint density at radius 1 is 1.42 bits per heavy atom. The van der Waals surface area contributed by atoms with Gasteiger partial charge in [0.25, 0.3) is 0 Å². The van der Waals surface area contributed by atoms with E-state index in [1.165, 1.54) is 0 Å². The maximum absolute atomic E-state index is 12.0. The lowest BCUT2D eigenvalue weighted by Crippen LogP contribution is -2.44. The quantitative estimate of drug-likeness (QED) is 0.817. The van der Waals surface area contributed by atoms with E-state index in [4.69, 9.17) is 5.73 Å². The number of nitrogens with two attached hydrogens (primary N) is 1. The fourth-order valence-corrected chi connectivity index (χ4v) is 2.06. The molecule has 1 unspecified atom stereocenters. The normalized spacial score (nSPS) is 12.3. The molecule has 0 saturated heterocycles. The predicted molar refractivity (Wildman–Crippen MR) is 84.3 cm³/mol. The minimum atomic E-state index is -0.262. The standard InChI is InChI=1S/C14H22BrN3O/c1-9(2)8-17-14(19)10(3)18(4)13-6-5-11(15)7-12(13)16/h5-7,9-10H,8,16H2,1-4H3,(H,17,19). The summed E-state index contributed by atoms with van der Waals surface area (Å²) in [7, 11) is 1.87. The van der Waals surface area contributed by atoms with Gasteiger partial charge in [0.05, 0.1) is 11.4 Å². The molecule has 0 radical (unpaired) electrons. The second kappa shape index (κ2) is 6.80. The second-order valence-corrected chi connectivity index (χ2v) is 6.04. The van der Waals surface area contributed by atoms with Gasteiger partial charge in [-0.15, -0.1) is 0 Å². The number of hydrogen-bond acceptors (Lipinski definition) is 3. The van der Waals surface area contributed by atoms with Crippen LogP contribution in [0.3, 0.4) is 0 Å². The van der Waals surface area contributed by atoms with Crippen LogP contribution in [0.4, 0.5) is 11.4 Å². The topological polar surface area (TPSA) is 58.4 Å². The van der Waals surface area contributed by atoms with Gasteiger partial charge in [-0.25, -0.2) is 0 Å². The smallest absolute Gasteiger partial charge is 0.242 e. The molecular formula is C14H22BrN3O. The molecule has 0 aromatic heterocycles. The zero-order valence-electron chi connectivity index (χ0n) is 11.9. The van der Waals surface area contributed by atoms with Gasteiger partial charge in [-0.05, 0) is 31.0 Å². The van der Waals surface area contributed by atoms with E-state index < -0.39 is 0 Å². The van der Waals surface area contributed by atoms with Gasteiger partial charge in [-0.1, -0.05) is 29.8 Å². The molecule has 3 N–H and O–H groups in total. The lowest BCUT2D eigenvalue weighted by Gasteiger charge is -2.27. The van der Waals surface area contributed by atoms with Crippen molar-refractivity contribution in [3.63, 3.8) is 0 Å². The summed E-state index contributed by atoms with van der Waals surface area (Å²) in [6, 6.07) is 5.40. The van der Waals surface area contributed by atoms with Crippen molar-refractivity contribution in [3.8, 4) is 0 Å². The first-order chi connectivity index (χ1) is 8.82. The zero-order valence-corrected chi connectivity index (χ0v) is 13.5. The van der Waals surface area contributed by atoms with Crippen molar-refractivity contribution in [2.24, 2.45) is 5.92 Å². The largest absolute Gasteiger partial charge is 0.397 e. The number of amides is 1. The van der Waals surface area contributed by atoms with E-state index in [0.717, 1.165) is 10.2 Å². The van der Waals surface area contributed by atoms with Gasteiger partial charge in [0.15, 0.2) is 0 Å². The number of nitrogen functional groups attached to an aromatic ring is 1. The van der Waals surface area contributed by atoms with Gasteiger partial charge in [-0.3, -0.25) is 4.79 Å². The van der Waals surface area contributed by atoms with Crippen molar-refractivity contribution < 1.29 is 4.79 Å². The Hall–Kier alpha value is -1.23. The Balaban J connectivity index is 2.75. The average Bonchev–Trinajstić information content (AvgIpc) is 2.34. The molecule has 0 aliphatic rings. The molecule has 0 bridgehead atoms. The molecule has 1 aromatic rings. The summed E-state index contributed by atoms with van der Waals surface area (Å²) in [6.07, 6.45) is 0. The highest BCUT2D eigenvalue weighted by Crippen LogP contribution is 2.27. The monoisotopic (exact) mass is 327 g/mol. The molecule has 1 atom stereocenters. The van der Waals surface area contributed by atoms with Crippen molar-refractivity contribution >= 4 is 33.2 Å². The van der Waals surface area contributed by atoms with Crippen molar-refractivity contribution in [1.82, 2.24) is 5.32 Å². The highest BCUT2D eigenvalue weighted by atomic mass is 79.9. The SMILES string of the molecule is CC(C)CNC(=O)C(C)N(C)c1ccc(Br)cc1N. The summed E-state index contributed by atoms with van der Waals surface area (Å²) in [4.78, 5) is 13.9. The Bertz CT molecular complexity index is 448. The van der Waals surface area contributed by atoms with E-state index in [9.17, 15) is 4.79 Å². The third-order valence-electron chi connectivity index (χ3n) is 3.01. The van der Waals surface area contributed by atoms with Gasteiger partial charge in [0, 0.05) is 18.1 Å². The molecule has 5 heteroatoms. The van der Waals surface area contributed by atoms with Crippen molar-refractivity contribution in [3.05, 3.63) is 22.7 Å². The molecule has 1 amide bonds. The molecule has 0 spiro atoms. The van der Waals surface area contributed by atoms with Gasteiger partial charge in [0.1, 0.15) is 6.04 Å². The van der Waals surface area contributed by atoms with Crippen LogP contribution in [0.25, 0.3) is 0 Å². The maximum Gasteiger partial charge on any atom is 0.242 e. The highest BCUT2D eigenvalue weighted by molar-refractivity contribution is 9.10. The number of benzene rings is 1. The molecule has 0 aliphatic heterocycles. The first-order valence-electron chi connectivity index (χ1n) is 6.38. The lowest BCUT2D eigenvalue weighted by molar-refractivity contribution is -0.122. The van der Waals surface area contributed by atoms with Crippen molar-refractivity contribution in [2.75, 3.05) is 24.2 Å². The van der Waals surface area contributed by atoms with Crippen LogP contribution in [0.15, 0.2) is 22.7 Å². The highest BCUT2D eigenvalue weighted by Gasteiger charge is 2.19. The second-order valence-electron chi connectivity index (χ2n) is 5.13. The lowest BCUT2D eigenvalue weighted by atomic mass is 10.2. The minimum Gasteiger partial charge on any atom is -0.397 e. The molecule has 0 aliphatic carbocycles. The van der Waals surface area contributed by atoms with Gasteiger partial charge in [0.2, 0.25) is 5.91 Å². The number of rotatable bonds is 5. The molecule has 106 valence electrons. The fraction of sp³-hybridized carbons (Fsp3) is 0.500. The van der Waals surface area contributed by atoms with Gasteiger partial charge in [-0.2, -0.15) is 0 Å². The Kier molecular flexibility index (Phi) is 5.66. The summed E-state index contributed by atoms with van der Waals surface area (Å²) in [5.74, 6) is 0.456. The molecule has 0 saturated carbocycles. The van der Waals surface area contributed by atoms with Crippen LogP contribution < -0.4 is 16.0 Å². The predicted octanol–water partition coefficient (Wildman–Crippen LogP) is 2.63. The maximum atomic E-state index is 12.0. The van der Waals surface area contributed by atoms with Gasteiger partial charge >= 0.3 is 0 Å². The number of hydrogen-bond donors (Lipinski definition) is 2. The number of nitrogens with one attached hydrogen (secondary N) is 1. The molecule has 0 fully saturated rings. The van der Waals surface area contributed by atoms with E-state index in [0.29, 0.717) is 18.2 Å². The van der Waals surface area contributed by atoms with E-state index in [1.807, 2.05) is 37.1 Å². The van der Waals surface area contributed by atoms with Crippen LogP contribution in [0.1, 0.15) is 20.8 Å². The molecule has 1 rings (SSSR count). The number of anilines is 2. The summed E-state index contributed by atoms with van der Waals surface area (Å²) in [6.45, 7) is 6.70. The van der Waals surface area contributed by atoms with Crippen LogP contribution in [-0.2, 0) is 4.79 Å². The van der Waals surface area contributed by atoms with E-state index in [2.05, 4.69) is 35.1 Å². The Morgan fingerprint density at radius 2 is 2.05 bits per heavy atom. The molecular weight excluding hydrogens is 306 g/mol. The summed E-state index contributed by atoms with van der Waals surface area (Å²) >= 11 is 3.37. The van der Waals surface area contributed by atoms with Crippen molar-refractivity contribution in [1.29, 1.82) is 0 Å². The number of carbonyl (C=O) groups excluding carboxylic acids is 1. The van der Waals surface area contributed by atoms with E-state index in [1.54, 1.807) is 0 Å². The minimum absolute atomic E-state index is 0.0125. The van der Waals surface area contributed by atoms with E-state index >= 15 is 0 Å².